The first kappa shape index (κ1) is 18.3. The van der Waals surface area contributed by atoms with Crippen LogP contribution in [0, 0.1) is 20.8 Å². The van der Waals surface area contributed by atoms with E-state index in [0.717, 1.165) is 16.7 Å². The third-order valence-corrected chi connectivity index (χ3v) is 3.67. The maximum atomic E-state index is 12.1. The number of ether oxygens (including phenoxy) is 2. The van der Waals surface area contributed by atoms with Crippen LogP contribution in [0.15, 0.2) is 30.3 Å². The van der Waals surface area contributed by atoms with Crippen LogP contribution < -0.4 is 10.1 Å². The molecule has 0 aromatic heterocycles. The van der Waals surface area contributed by atoms with Crippen molar-refractivity contribution in [2.75, 3.05) is 19.0 Å². The summed E-state index contributed by atoms with van der Waals surface area (Å²) in [5.41, 5.74) is 3.11. The van der Waals surface area contributed by atoms with Crippen LogP contribution >= 0.6 is 0 Å². The summed E-state index contributed by atoms with van der Waals surface area (Å²) in [7, 11) is 1.22. The molecule has 0 aliphatic heterocycles. The number of anilines is 1. The zero-order valence-corrected chi connectivity index (χ0v) is 14.7. The number of benzene rings is 2. The summed E-state index contributed by atoms with van der Waals surface area (Å²) >= 11 is 0. The van der Waals surface area contributed by atoms with Gasteiger partial charge in [0.1, 0.15) is 11.3 Å². The Bertz CT molecular complexity index is 790. The third kappa shape index (κ3) is 4.29. The van der Waals surface area contributed by atoms with E-state index in [4.69, 9.17) is 4.74 Å². The highest BCUT2D eigenvalue weighted by atomic mass is 16.5. The van der Waals surface area contributed by atoms with Gasteiger partial charge in [0.15, 0.2) is 12.4 Å². The molecule has 2 N–H and O–H groups in total. The van der Waals surface area contributed by atoms with E-state index in [0.29, 0.717) is 5.75 Å². The van der Waals surface area contributed by atoms with Crippen LogP contribution in [-0.2, 0) is 9.53 Å². The van der Waals surface area contributed by atoms with E-state index < -0.39 is 11.9 Å². The first-order chi connectivity index (χ1) is 11.8. The lowest BCUT2D eigenvalue weighted by Crippen LogP contribution is -2.21. The van der Waals surface area contributed by atoms with E-state index >= 15 is 0 Å². The van der Waals surface area contributed by atoms with E-state index in [2.05, 4.69) is 10.1 Å². The fourth-order valence-corrected chi connectivity index (χ4v) is 2.64. The number of aromatic hydroxyl groups is 1. The van der Waals surface area contributed by atoms with Crippen LogP contribution in [0.4, 0.5) is 5.69 Å². The Morgan fingerprint density at radius 1 is 1.12 bits per heavy atom. The van der Waals surface area contributed by atoms with E-state index in [1.165, 1.54) is 25.3 Å². The maximum absolute atomic E-state index is 12.1. The molecule has 25 heavy (non-hydrogen) atoms. The Hall–Kier alpha value is -3.02. The second-order valence-corrected chi connectivity index (χ2v) is 5.76. The van der Waals surface area contributed by atoms with Gasteiger partial charge >= 0.3 is 5.97 Å². The second-order valence-electron chi connectivity index (χ2n) is 5.76. The highest BCUT2D eigenvalue weighted by Crippen LogP contribution is 2.28. The molecule has 0 saturated heterocycles. The summed E-state index contributed by atoms with van der Waals surface area (Å²) in [6.07, 6.45) is 0. The lowest BCUT2D eigenvalue weighted by molar-refractivity contribution is -0.118. The van der Waals surface area contributed by atoms with Gasteiger partial charge in [-0.2, -0.15) is 0 Å². The number of carbonyl (C=O) groups is 2. The molecule has 0 radical (unpaired) electrons. The Kier molecular flexibility index (Phi) is 5.64. The summed E-state index contributed by atoms with van der Waals surface area (Å²) in [6.45, 7) is 5.61. The zero-order chi connectivity index (χ0) is 18.6. The zero-order valence-electron chi connectivity index (χ0n) is 14.7. The summed E-state index contributed by atoms with van der Waals surface area (Å²) in [5.74, 6) is -0.814. The van der Waals surface area contributed by atoms with Crippen molar-refractivity contribution in [1.82, 2.24) is 0 Å². The number of hydrogen-bond donors (Lipinski definition) is 2. The topological polar surface area (TPSA) is 84.9 Å². The van der Waals surface area contributed by atoms with E-state index in [1.807, 2.05) is 32.9 Å². The largest absolute Gasteiger partial charge is 0.505 e. The summed E-state index contributed by atoms with van der Waals surface area (Å²) in [6, 6.07) is 8.39. The number of amides is 1. The minimum absolute atomic E-state index is 0.0218. The van der Waals surface area contributed by atoms with E-state index in [1.54, 1.807) is 0 Å². The van der Waals surface area contributed by atoms with Crippen LogP contribution in [0.25, 0.3) is 0 Å². The van der Waals surface area contributed by atoms with E-state index in [-0.39, 0.29) is 23.6 Å². The summed E-state index contributed by atoms with van der Waals surface area (Å²) < 4.78 is 10.2. The van der Waals surface area contributed by atoms with Crippen molar-refractivity contribution in [3.8, 4) is 11.5 Å². The molecule has 2 rings (SSSR count). The number of rotatable bonds is 5. The predicted octanol–water partition coefficient (Wildman–Crippen LogP) is 3.12. The van der Waals surface area contributed by atoms with Gasteiger partial charge in [0.05, 0.1) is 12.8 Å². The fraction of sp³-hybridized carbons (Fsp3) is 0.263. The van der Waals surface area contributed by atoms with Gasteiger partial charge in [-0.15, -0.1) is 0 Å². The van der Waals surface area contributed by atoms with Gasteiger partial charge < -0.3 is 19.9 Å². The molecule has 0 fully saturated rings. The highest BCUT2D eigenvalue weighted by Gasteiger charge is 2.16. The number of aryl methyl sites for hydroxylation is 3. The molecule has 0 spiro atoms. The number of para-hydroxylation sites is 1. The molecule has 0 atom stereocenters. The predicted molar refractivity (Wildman–Crippen MR) is 94.2 cm³/mol. The Labute approximate surface area is 146 Å². The number of nitrogens with one attached hydrogen (secondary N) is 1. The number of phenols is 1. The molecule has 0 saturated carbocycles. The van der Waals surface area contributed by atoms with Crippen molar-refractivity contribution in [3.05, 3.63) is 52.6 Å². The van der Waals surface area contributed by atoms with Gasteiger partial charge in [0.25, 0.3) is 5.91 Å². The van der Waals surface area contributed by atoms with Gasteiger partial charge in [0, 0.05) is 0 Å². The number of hydrogen-bond acceptors (Lipinski definition) is 5. The molecule has 0 heterocycles. The maximum Gasteiger partial charge on any atom is 0.341 e. The van der Waals surface area contributed by atoms with Gasteiger partial charge in [0.2, 0.25) is 0 Å². The molecule has 1 amide bonds. The number of esters is 1. The van der Waals surface area contributed by atoms with Gasteiger partial charge in [-0.3, -0.25) is 4.79 Å². The van der Waals surface area contributed by atoms with Gasteiger partial charge in [-0.1, -0.05) is 23.8 Å². The molecule has 0 aliphatic rings. The van der Waals surface area contributed by atoms with Crippen molar-refractivity contribution < 1.29 is 24.2 Å². The molecular formula is C19H21NO5. The summed E-state index contributed by atoms with van der Waals surface area (Å²) in [5, 5.41) is 12.6. The minimum atomic E-state index is -0.684. The molecule has 2 aromatic rings. The average Bonchev–Trinajstić information content (AvgIpc) is 2.55. The lowest BCUT2D eigenvalue weighted by atomic mass is 10.1. The monoisotopic (exact) mass is 343 g/mol. The van der Waals surface area contributed by atoms with Gasteiger partial charge in [-0.05, 0) is 44.0 Å². The number of phenolic OH excluding ortho intramolecular Hbond substituents is 1. The SMILES string of the molecule is COC(=O)c1cccc(NC(=O)COc2c(C)cc(C)cc2C)c1O. The highest BCUT2D eigenvalue weighted by molar-refractivity contribution is 5.98. The third-order valence-electron chi connectivity index (χ3n) is 3.67. The van der Waals surface area contributed by atoms with Crippen LogP contribution in [0.1, 0.15) is 27.0 Å². The Balaban J connectivity index is 2.08. The first-order valence-corrected chi connectivity index (χ1v) is 7.74. The molecule has 2 aromatic carbocycles. The molecule has 0 bridgehead atoms. The van der Waals surface area contributed by atoms with Crippen molar-refractivity contribution in [2.45, 2.75) is 20.8 Å². The summed E-state index contributed by atoms with van der Waals surface area (Å²) in [4.78, 5) is 23.7. The molecule has 6 nitrogen and oxygen atoms in total. The Morgan fingerprint density at radius 2 is 1.76 bits per heavy atom. The van der Waals surface area contributed by atoms with Crippen molar-refractivity contribution >= 4 is 17.6 Å². The van der Waals surface area contributed by atoms with Crippen molar-refractivity contribution in [2.24, 2.45) is 0 Å². The average molecular weight is 343 g/mol. The van der Waals surface area contributed by atoms with Crippen molar-refractivity contribution in [1.29, 1.82) is 0 Å². The Morgan fingerprint density at radius 3 is 2.36 bits per heavy atom. The molecule has 132 valence electrons. The standard InChI is InChI=1S/C19H21NO5/c1-11-8-12(2)18(13(3)9-11)25-10-16(21)20-15-7-5-6-14(17(15)22)19(23)24-4/h5-9,22H,10H2,1-4H3,(H,20,21). The minimum Gasteiger partial charge on any atom is -0.505 e. The van der Waals surface area contributed by atoms with Gasteiger partial charge in [-0.25, -0.2) is 4.79 Å². The normalized spacial score (nSPS) is 10.2. The van der Waals surface area contributed by atoms with Crippen LogP contribution in [0.3, 0.4) is 0 Å². The molecular weight excluding hydrogens is 322 g/mol. The van der Waals surface area contributed by atoms with Crippen LogP contribution in [0.5, 0.6) is 11.5 Å². The molecule has 6 heteroatoms. The fourth-order valence-electron chi connectivity index (χ4n) is 2.64. The van der Waals surface area contributed by atoms with E-state index in [9.17, 15) is 14.7 Å². The lowest BCUT2D eigenvalue weighted by Gasteiger charge is -2.14. The first-order valence-electron chi connectivity index (χ1n) is 7.74. The smallest absolute Gasteiger partial charge is 0.341 e. The quantitative estimate of drug-likeness (QED) is 0.644. The number of methoxy groups -OCH3 is 1. The van der Waals surface area contributed by atoms with Crippen LogP contribution in [-0.4, -0.2) is 30.7 Å². The number of carbonyl (C=O) groups excluding carboxylic acids is 2. The second kappa shape index (κ2) is 7.70. The molecule has 0 aliphatic carbocycles. The van der Waals surface area contributed by atoms with Crippen molar-refractivity contribution in [3.63, 3.8) is 0 Å². The van der Waals surface area contributed by atoms with Crippen LogP contribution in [0.2, 0.25) is 0 Å². The molecule has 0 unspecified atom stereocenters.